The second-order valence-electron chi connectivity index (χ2n) is 5.58. The van der Waals surface area contributed by atoms with Crippen LogP contribution in [0.3, 0.4) is 0 Å². The maximum atomic E-state index is 11.2. The third-order valence-electron chi connectivity index (χ3n) is 2.41. The number of hydrogen-bond acceptors (Lipinski definition) is 6. The Morgan fingerprint density at radius 1 is 1.42 bits per heavy atom. The summed E-state index contributed by atoms with van der Waals surface area (Å²) in [5.74, 6) is -0.00701. The molecule has 1 aromatic rings. The van der Waals surface area contributed by atoms with Gasteiger partial charge in [-0.15, -0.1) is 0 Å². The Morgan fingerprint density at radius 3 is 2.58 bits per heavy atom. The summed E-state index contributed by atoms with van der Waals surface area (Å²) in [6, 6.07) is 0. The Morgan fingerprint density at radius 2 is 2.11 bits per heavy atom. The number of carbonyl (C=O) groups is 1. The summed E-state index contributed by atoms with van der Waals surface area (Å²) in [6.07, 6.45) is 3.01. The molecule has 0 saturated carbocycles. The third-order valence-corrected chi connectivity index (χ3v) is 2.41. The van der Waals surface area contributed by atoms with Gasteiger partial charge >= 0.3 is 5.97 Å². The minimum absolute atomic E-state index is 0.0709. The van der Waals surface area contributed by atoms with Crippen LogP contribution in [-0.2, 0) is 4.74 Å². The number of methoxy groups -OCH3 is 1. The second kappa shape index (κ2) is 6.47. The van der Waals surface area contributed by atoms with Gasteiger partial charge in [0.2, 0.25) is 0 Å². The minimum Gasteiger partial charge on any atom is -0.464 e. The molecule has 0 aliphatic heterocycles. The molecule has 0 saturated heterocycles. The number of hydrogen-bond donors (Lipinski definition) is 2. The van der Waals surface area contributed by atoms with Crippen molar-refractivity contribution in [3.63, 3.8) is 0 Å². The number of anilines is 1. The van der Waals surface area contributed by atoms with Crippen molar-refractivity contribution in [2.75, 3.05) is 19.0 Å². The van der Waals surface area contributed by atoms with Crippen molar-refractivity contribution in [1.29, 1.82) is 0 Å². The molecular weight excluding hydrogens is 246 g/mol. The molecule has 2 N–H and O–H groups in total. The monoisotopic (exact) mass is 267 g/mol. The van der Waals surface area contributed by atoms with E-state index in [0.717, 1.165) is 0 Å². The van der Waals surface area contributed by atoms with Gasteiger partial charge in [0.05, 0.1) is 25.6 Å². The number of aliphatic hydroxyl groups excluding tert-OH is 1. The predicted molar refractivity (Wildman–Crippen MR) is 71.9 cm³/mol. The van der Waals surface area contributed by atoms with E-state index in [4.69, 9.17) is 0 Å². The summed E-state index contributed by atoms with van der Waals surface area (Å²) in [4.78, 5) is 19.1. The average Bonchev–Trinajstić information content (AvgIpc) is 2.34. The van der Waals surface area contributed by atoms with Gasteiger partial charge < -0.3 is 15.2 Å². The van der Waals surface area contributed by atoms with Crippen molar-refractivity contribution >= 4 is 11.8 Å². The molecule has 0 aliphatic rings. The van der Waals surface area contributed by atoms with Crippen LogP contribution >= 0.6 is 0 Å². The van der Waals surface area contributed by atoms with E-state index < -0.39 is 12.1 Å². The fourth-order valence-electron chi connectivity index (χ4n) is 1.63. The van der Waals surface area contributed by atoms with Crippen LogP contribution < -0.4 is 5.32 Å². The van der Waals surface area contributed by atoms with Gasteiger partial charge in [-0.25, -0.2) is 14.8 Å². The van der Waals surface area contributed by atoms with Crippen LogP contribution in [0.2, 0.25) is 0 Å². The molecule has 1 heterocycles. The van der Waals surface area contributed by atoms with Crippen LogP contribution in [0, 0.1) is 5.41 Å². The van der Waals surface area contributed by atoms with E-state index in [0.29, 0.717) is 18.8 Å². The highest BCUT2D eigenvalue weighted by molar-refractivity contribution is 5.86. The highest BCUT2D eigenvalue weighted by Crippen LogP contribution is 2.20. The minimum atomic E-state index is -0.521. The van der Waals surface area contributed by atoms with Gasteiger partial charge in [-0.3, -0.25) is 0 Å². The van der Waals surface area contributed by atoms with E-state index in [-0.39, 0.29) is 11.1 Å². The van der Waals surface area contributed by atoms with Crippen molar-refractivity contribution in [3.8, 4) is 0 Å². The smallest absolute Gasteiger partial charge is 0.358 e. The fourth-order valence-corrected chi connectivity index (χ4v) is 1.63. The molecule has 6 nitrogen and oxygen atoms in total. The molecule has 0 spiro atoms. The molecule has 1 rings (SSSR count). The Balaban J connectivity index is 2.48. The van der Waals surface area contributed by atoms with Gasteiger partial charge in [0.15, 0.2) is 5.69 Å². The van der Waals surface area contributed by atoms with Gasteiger partial charge in [-0.2, -0.15) is 0 Å². The standard InChI is InChI=1S/C13H21N3O3/c1-13(2,3)5-9(17)6-15-11-8-14-10(7-16-11)12(18)19-4/h7-9,17H,5-6H2,1-4H3,(H,15,16). The maximum Gasteiger partial charge on any atom is 0.358 e. The van der Waals surface area contributed by atoms with Gasteiger partial charge in [0.25, 0.3) is 0 Å². The fraction of sp³-hybridized carbons (Fsp3) is 0.615. The molecule has 0 aromatic carbocycles. The summed E-state index contributed by atoms with van der Waals surface area (Å²) in [5, 5.41) is 12.8. The molecule has 0 fully saturated rings. The molecule has 0 aliphatic carbocycles. The number of ether oxygens (including phenoxy) is 1. The number of carbonyl (C=O) groups excluding carboxylic acids is 1. The molecule has 1 aromatic heterocycles. The first-order chi connectivity index (χ1) is 8.81. The molecular formula is C13H21N3O3. The normalized spacial score (nSPS) is 12.9. The zero-order valence-electron chi connectivity index (χ0n) is 11.8. The van der Waals surface area contributed by atoms with Crippen LogP contribution in [-0.4, -0.2) is 40.8 Å². The van der Waals surface area contributed by atoms with E-state index in [1.54, 1.807) is 0 Å². The quantitative estimate of drug-likeness (QED) is 0.786. The van der Waals surface area contributed by atoms with Crippen LogP contribution in [0.25, 0.3) is 0 Å². The molecule has 0 amide bonds. The third kappa shape index (κ3) is 5.65. The zero-order valence-corrected chi connectivity index (χ0v) is 11.8. The lowest BCUT2D eigenvalue weighted by molar-refractivity contribution is 0.0593. The van der Waals surface area contributed by atoms with E-state index in [2.05, 4.69) is 40.8 Å². The second-order valence-corrected chi connectivity index (χ2v) is 5.58. The molecule has 106 valence electrons. The van der Waals surface area contributed by atoms with Crippen LogP contribution in [0.5, 0.6) is 0 Å². The molecule has 1 unspecified atom stereocenters. The molecule has 1 atom stereocenters. The number of aliphatic hydroxyl groups is 1. The van der Waals surface area contributed by atoms with E-state index >= 15 is 0 Å². The largest absolute Gasteiger partial charge is 0.464 e. The first-order valence-electron chi connectivity index (χ1n) is 6.14. The topological polar surface area (TPSA) is 84.3 Å². The Kier molecular flexibility index (Phi) is 5.23. The summed E-state index contributed by atoms with van der Waals surface area (Å²) in [5.41, 5.74) is 0.227. The number of esters is 1. The van der Waals surface area contributed by atoms with Gasteiger partial charge in [0.1, 0.15) is 5.82 Å². The SMILES string of the molecule is COC(=O)c1cnc(NCC(O)CC(C)(C)C)cn1. The number of nitrogens with zero attached hydrogens (tertiary/aromatic N) is 2. The van der Waals surface area contributed by atoms with Crippen LogP contribution in [0.4, 0.5) is 5.82 Å². The van der Waals surface area contributed by atoms with Crippen molar-refractivity contribution in [3.05, 3.63) is 18.1 Å². The molecule has 0 bridgehead atoms. The van der Waals surface area contributed by atoms with Crippen molar-refractivity contribution < 1.29 is 14.6 Å². The number of aromatic nitrogens is 2. The lowest BCUT2D eigenvalue weighted by Crippen LogP contribution is -2.25. The Labute approximate surface area is 113 Å². The Bertz CT molecular complexity index is 412. The Hall–Kier alpha value is -1.69. The van der Waals surface area contributed by atoms with Crippen molar-refractivity contribution in [1.82, 2.24) is 9.97 Å². The summed E-state index contributed by atoms with van der Waals surface area (Å²) < 4.78 is 4.53. The highest BCUT2D eigenvalue weighted by atomic mass is 16.5. The summed E-state index contributed by atoms with van der Waals surface area (Å²) in [7, 11) is 1.29. The van der Waals surface area contributed by atoms with Crippen LogP contribution in [0.1, 0.15) is 37.7 Å². The first-order valence-corrected chi connectivity index (χ1v) is 6.14. The lowest BCUT2D eigenvalue weighted by atomic mass is 9.89. The van der Waals surface area contributed by atoms with Crippen molar-refractivity contribution in [2.45, 2.75) is 33.3 Å². The van der Waals surface area contributed by atoms with E-state index in [1.165, 1.54) is 19.5 Å². The lowest BCUT2D eigenvalue weighted by Gasteiger charge is -2.22. The summed E-state index contributed by atoms with van der Waals surface area (Å²) >= 11 is 0. The number of nitrogens with one attached hydrogen (secondary N) is 1. The van der Waals surface area contributed by atoms with Gasteiger partial charge in [-0.05, 0) is 11.8 Å². The zero-order chi connectivity index (χ0) is 14.5. The van der Waals surface area contributed by atoms with E-state index in [1.807, 2.05) is 0 Å². The predicted octanol–water partition coefficient (Wildman–Crippen LogP) is 1.47. The molecule has 6 heteroatoms. The number of rotatable bonds is 5. The first kappa shape index (κ1) is 15.4. The summed E-state index contributed by atoms with van der Waals surface area (Å²) in [6.45, 7) is 6.60. The van der Waals surface area contributed by atoms with Crippen molar-refractivity contribution in [2.24, 2.45) is 5.41 Å². The van der Waals surface area contributed by atoms with E-state index in [9.17, 15) is 9.90 Å². The average molecular weight is 267 g/mol. The highest BCUT2D eigenvalue weighted by Gasteiger charge is 2.16. The molecule has 19 heavy (non-hydrogen) atoms. The van der Waals surface area contributed by atoms with Gasteiger partial charge in [-0.1, -0.05) is 20.8 Å². The molecule has 0 radical (unpaired) electrons. The maximum absolute atomic E-state index is 11.2. The van der Waals surface area contributed by atoms with Crippen LogP contribution in [0.15, 0.2) is 12.4 Å². The van der Waals surface area contributed by atoms with Gasteiger partial charge in [0, 0.05) is 6.54 Å².